The van der Waals surface area contributed by atoms with E-state index in [4.69, 9.17) is 5.73 Å². The average Bonchev–Trinajstić information content (AvgIpc) is 2.29. The van der Waals surface area contributed by atoms with Gasteiger partial charge in [0.15, 0.2) is 11.8 Å². The maximum absolute atomic E-state index is 9.32. The second-order valence-electron chi connectivity index (χ2n) is 2.87. The van der Waals surface area contributed by atoms with E-state index >= 15 is 0 Å². The Bertz CT molecular complexity index is 341. The molecule has 4 heteroatoms. The number of aromatic amines is 1. The highest BCUT2D eigenvalue weighted by molar-refractivity contribution is 5.49. The van der Waals surface area contributed by atoms with Crippen LogP contribution in [0.4, 0.5) is 0 Å². The molecule has 0 saturated carbocycles. The Labute approximate surface area is 69.3 Å². The zero-order valence-electron chi connectivity index (χ0n) is 6.41. The summed E-state index contributed by atoms with van der Waals surface area (Å²) in [6.45, 7) is 0. The first-order valence-corrected chi connectivity index (χ1v) is 3.75. The lowest BCUT2D eigenvalue weighted by molar-refractivity contribution is 0.422. The summed E-state index contributed by atoms with van der Waals surface area (Å²) in [6, 6.07) is -0.314. The molecule has 64 valence electrons. The smallest absolute Gasteiger partial charge is 0.196 e. The van der Waals surface area contributed by atoms with Gasteiger partial charge in [0.05, 0.1) is 6.04 Å². The van der Waals surface area contributed by atoms with Crippen molar-refractivity contribution in [2.45, 2.75) is 12.5 Å². The Morgan fingerprint density at radius 2 is 2.17 bits per heavy atom. The van der Waals surface area contributed by atoms with Gasteiger partial charge in [0.1, 0.15) is 0 Å². The third kappa shape index (κ3) is 0.816. The topological polar surface area (TPSA) is 82.3 Å². The molecule has 1 aliphatic carbocycles. The van der Waals surface area contributed by atoms with Gasteiger partial charge in [0.25, 0.3) is 0 Å². The van der Waals surface area contributed by atoms with Gasteiger partial charge in [-0.25, -0.2) is 0 Å². The first-order valence-electron chi connectivity index (χ1n) is 3.75. The van der Waals surface area contributed by atoms with E-state index in [2.05, 4.69) is 4.98 Å². The van der Waals surface area contributed by atoms with Crippen LogP contribution in [0.25, 0.3) is 0 Å². The van der Waals surface area contributed by atoms with Crippen LogP contribution in [-0.4, -0.2) is 15.2 Å². The minimum atomic E-state index is -0.314. The van der Waals surface area contributed by atoms with Crippen LogP contribution in [0.2, 0.25) is 0 Å². The summed E-state index contributed by atoms with van der Waals surface area (Å²) in [5, 5.41) is 18.6. The Morgan fingerprint density at radius 3 is 2.83 bits per heavy atom. The highest BCUT2D eigenvalue weighted by atomic mass is 16.3. The van der Waals surface area contributed by atoms with Gasteiger partial charge in [0, 0.05) is 11.1 Å². The molecule has 0 fully saturated rings. The van der Waals surface area contributed by atoms with Crippen LogP contribution in [0, 0.1) is 0 Å². The van der Waals surface area contributed by atoms with Crippen molar-refractivity contribution in [2.75, 3.05) is 0 Å². The second kappa shape index (κ2) is 2.28. The molecule has 4 nitrogen and oxygen atoms in total. The predicted molar refractivity (Wildman–Crippen MR) is 43.9 cm³/mol. The molecule has 0 bridgehead atoms. The molecule has 0 amide bonds. The lowest BCUT2D eigenvalue weighted by atomic mass is 9.97. The van der Waals surface area contributed by atoms with Crippen LogP contribution in [0.15, 0.2) is 12.2 Å². The van der Waals surface area contributed by atoms with Gasteiger partial charge < -0.3 is 15.9 Å². The van der Waals surface area contributed by atoms with Crippen LogP contribution in [-0.2, 0) is 6.42 Å². The molecule has 1 aromatic rings. The van der Waals surface area contributed by atoms with Crippen molar-refractivity contribution in [3.05, 3.63) is 23.3 Å². The zero-order chi connectivity index (χ0) is 8.72. The monoisotopic (exact) mass is 166 g/mol. The van der Waals surface area contributed by atoms with Crippen LogP contribution in [0.3, 0.4) is 0 Å². The molecule has 1 aliphatic rings. The van der Waals surface area contributed by atoms with Crippen molar-refractivity contribution in [3.63, 3.8) is 0 Å². The number of hydrogen-bond acceptors (Lipinski definition) is 3. The largest absolute Gasteiger partial charge is 0.494 e. The summed E-state index contributed by atoms with van der Waals surface area (Å²) in [6.07, 6.45) is 4.29. The maximum Gasteiger partial charge on any atom is 0.196 e. The number of aromatic nitrogens is 1. The standard InChI is InChI=1S/C8H10N2O2/c9-5-3-1-2-4-6(5)8(12)10-7(4)11/h1,3,5,10-12H,2,9H2. The van der Waals surface area contributed by atoms with Crippen LogP contribution in [0.1, 0.15) is 17.2 Å². The lowest BCUT2D eigenvalue weighted by Gasteiger charge is -2.12. The van der Waals surface area contributed by atoms with E-state index in [0.717, 1.165) is 0 Å². The van der Waals surface area contributed by atoms with Gasteiger partial charge in [-0.2, -0.15) is 0 Å². The van der Waals surface area contributed by atoms with Crippen LogP contribution >= 0.6 is 0 Å². The minimum Gasteiger partial charge on any atom is -0.494 e. The van der Waals surface area contributed by atoms with Crippen molar-refractivity contribution < 1.29 is 10.2 Å². The van der Waals surface area contributed by atoms with E-state index < -0.39 is 0 Å². The van der Waals surface area contributed by atoms with Crippen LogP contribution in [0.5, 0.6) is 11.8 Å². The number of allylic oxidation sites excluding steroid dienone is 1. The molecule has 2 rings (SSSR count). The first kappa shape index (κ1) is 7.24. The minimum absolute atomic E-state index is 0.0160. The molecule has 0 aliphatic heterocycles. The fourth-order valence-corrected chi connectivity index (χ4v) is 1.52. The fraction of sp³-hybridized carbons (Fsp3) is 0.250. The van der Waals surface area contributed by atoms with E-state index in [1.807, 2.05) is 6.08 Å². The summed E-state index contributed by atoms with van der Waals surface area (Å²) in [5.41, 5.74) is 6.99. The van der Waals surface area contributed by atoms with Crippen molar-refractivity contribution >= 4 is 0 Å². The summed E-state index contributed by atoms with van der Waals surface area (Å²) >= 11 is 0. The number of aromatic hydroxyl groups is 2. The number of nitrogens with two attached hydrogens (primary N) is 1. The molecular formula is C8H10N2O2. The van der Waals surface area contributed by atoms with E-state index in [9.17, 15) is 10.2 Å². The van der Waals surface area contributed by atoms with Crippen molar-refractivity contribution in [1.29, 1.82) is 0 Å². The molecule has 1 unspecified atom stereocenters. The molecule has 0 spiro atoms. The van der Waals surface area contributed by atoms with Crippen molar-refractivity contribution in [3.8, 4) is 11.8 Å². The van der Waals surface area contributed by atoms with Gasteiger partial charge in [-0.1, -0.05) is 12.2 Å². The lowest BCUT2D eigenvalue weighted by Crippen LogP contribution is -2.11. The summed E-state index contributed by atoms with van der Waals surface area (Å²) in [5.74, 6) is -0.0124. The van der Waals surface area contributed by atoms with Crippen molar-refractivity contribution in [1.82, 2.24) is 4.98 Å². The van der Waals surface area contributed by atoms with Gasteiger partial charge in [-0.05, 0) is 6.42 Å². The van der Waals surface area contributed by atoms with E-state index in [0.29, 0.717) is 17.5 Å². The maximum atomic E-state index is 9.32. The van der Waals surface area contributed by atoms with Crippen molar-refractivity contribution in [2.24, 2.45) is 5.73 Å². The molecular weight excluding hydrogens is 156 g/mol. The highest BCUT2D eigenvalue weighted by Gasteiger charge is 2.22. The molecule has 1 aromatic heterocycles. The zero-order valence-corrected chi connectivity index (χ0v) is 6.41. The number of nitrogens with one attached hydrogen (secondary N) is 1. The molecule has 0 aromatic carbocycles. The highest BCUT2D eigenvalue weighted by Crippen LogP contribution is 2.36. The van der Waals surface area contributed by atoms with Crippen LogP contribution < -0.4 is 5.73 Å². The molecule has 5 N–H and O–H groups in total. The quantitative estimate of drug-likeness (QED) is 0.424. The van der Waals surface area contributed by atoms with Gasteiger partial charge in [-0.15, -0.1) is 0 Å². The number of H-pyrrole nitrogens is 1. The second-order valence-corrected chi connectivity index (χ2v) is 2.87. The molecule has 0 saturated heterocycles. The Hall–Kier alpha value is -1.42. The average molecular weight is 166 g/mol. The van der Waals surface area contributed by atoms with E-state index in [-0.39, 0.29) is 17.8 Å². The fourth-order valence-electron chi connectivity index (χ4n) is 1.52. The third-order valence-electron chi connectivity index (χ3n) is 2.10. The van der Waals surface area contributed by atoms with E-state index in [1.54, 1.807) is 6.08 Å². The summed E-state index contributed by atoms with van der Waals surface area (Å²) in [7, 11) is 0. The van der Waals surface area contributed by atoms with Gasteiger partial charge >= 0.3 is 0 Å². The molecule has 1 heterocycles. The number of hydrogen-bond donors (Lipinski definition) is 4. The molecule has 12 heavy (non-hydrogen) atoms. The summed E-state index contributed by atoms with van der Waals surface area (Å²) < 4.78 is 0. The first-order chi connectivity index (χ1) is 5.70. The predicted octanol–water partition coefficient (Wildman–Crippen LogP) is 0.538. The van der Waals surface area contributed by atoms with Gasteiger partial charge in [-0.3, -0.25) is 4.98 Å². The third-order valence-corrected chi connectivity index (χ3v) is 2.10. The SMILES string of the molecule is NC1C=CCc2c(O)[nH]c(O)c21. The molecule has 0 radical (unpaired) electrons. The normalized spacial score (nSPS) is 20.9. The summed E-state index contributed by atoms with van der Waals surface area (Å²) in [4.78, 5) is 2.44. The number of fused-ring (bicyclic) bond motifs is 1. The van der Waals surface area contributed by atoms with Gasteiger partial charge in [0.2, 0.25) is 0 Å². The Balaban J connectivity index is 2.60. The molecule has 1 atom stereocenters. The Morgan fingerprint density at radius 1 is 1.42 bits per heavy atom. The van der Waals surface area contributed by atoms with E-state index in [1.165, 1.54) is 0 Å². The Kier molecular flexibility index (Phi) is 1.38. The number of rotatable bonds is 0.